The van der Waals surface area contributed by atoms with Gasteiger partial charge in [0.25, 0.3) is 5.91 Å². The first kappa shape index (κ1) is 12.8. The van der Waals surface area contributed by atoms with Crippen LogP contribution < -0.4 is 5.32 Å². The summed E-state index contributed by atoms with van der Waals surface area (Å²) < 4.78 is 0.566. The van der Waals surface area contributed by atoms with Crippen molar-refractivity contribution < 1.29 is 9.59 Å². The van der Waals surface area contributed by atoms with Crippen LogP contribution in [0.4, 0.5) is 4.79 Å². The molecule has 0 radical (unpaired) electrons. The number of urea groups is 1. The van der Waals surface area contributed by atoms with Gasteiger partial charge in [-0.1, -0.05) is 28.6 Å². The highest BCUT2D eigenvalue weighted by atomic mass is 79.9. The van der Waals surface area contributed by atoms with Gasteiger partial charge in [0.05, 0.1) is 12.2 Å². The Hall–Kier alpha value is -1.69. The molecule has 2 rings (SSSR count). The Balaban J connectivity index is 2.35. The van der Waals surface area contributed by atoms with Gasteiger partial charge in [-0.3, -0.25) is 14.7 Å². The van der Waals surface area contributed by atoms with Crippen molar-refractivity contribution >= 4 is 27.9 Å². The van der Waals surface area contributed by atoms with Crippen LogP contribution in [-0.2, 0) is 10.3 Å². The summed E-state index contributed by atoms with van der Waals surface area (Å²) in [5, 5.41) is 2.66. The molecular weight excluding hydrogens is 298 g/mol. The van der Waals surface area contributed by atoms with Crippen molar-refractivity contribution in [2.24, 2.45) is 0 Å². The number of aromatic nitrogens is 1. The van der Waals surface area contributed by atoms with Crippen molar-refractivity contribution in [1.29, 1.82) is 0 Å². The molecule has 0 spiro atoms. The maximum Gasteiger partial charge on any atom is 0.325 e. The first-order valence-electron chi connectivity index (χ1n) is 5.34. The van der Waals surface area contributed by atoms with Crippen molar-refractivity contribution in [3.8, 4) is 0 Å². The summed E-state index contributed by atoms with van der Waals surface area (Å²) in [4.78, 5) is 29.4. The largest absolute Gasteiger partial charge is 0.325 e. The molecule has 3 amide bonds. The molecule has 1 saturated heterocycles. The number of nitrogens with one attached hydrogen (secondary N) is 1. The molecular formula is C12H12BrN3O2. The van der Waals surface area contributed by atoms with Crippen LogP contribution in [0.2, 0.25) is 0 Å². The lowest BCUT2D eigenvalue weighted by atomic mass is 9.97. The van der Waals surface area contributed by atoms with Gasteiger partial charge in [0, 0.05) is 10.7 Å². The monoisotopic (exact) mass is 309 g/mol. The van der Waals surface area contributed by atoms with E-state index in [-0.39, 0.29) is 12.5 Å². The summed E-state index contributed by atoms with van der Waals surface area (Å²) in [6.07, 6.45) is 1.59. The Labute approximate surface area is 113 Å². The molecule has 1 aliphatic heterocycles. The van der Waals surface area contributed by atoms with E-state index in [4.69, 9.17) is 0 Å². The number of hydrogen-bond acceptors (Lipinski definition) is 3. The van der Waals surface area contributed by atoms with Crippen LogP contribution >= 0.6 is 15.9 Å². The Morgan fingerprint density at radius 2 is 2.28 bits per heavy atom. The van der Waals surface area contributed by atoms with Crippen molar-refractivity contribution in [2.45, 2.75) is 12.5 Å². The predicted octanol–water partition coefficient (Wildman–Crippen LogP) is 1.76. The van der Waals surface area contributed by atoms with Crippen LogP contribution in [0.15, 0.2) is 35.5 Å². The predicted molar refractivity (Wildman–Crippen MR) is 69.9 cm³/mol. The van der Waals surface area contributed by atoms with Gasteiger partial charge in [0.1, 0.15) is 0 Å². The fourth-order valence-corrected chi connectivity index (χ4v) is 2.10. The van der Waals surface area contributed by atoms with E-state index in [1.807, 2.05) is 0 Å². The van der Waals surface area contributed by atoms with Crippen molar-refractivity contribution in [2.75, 3.05) is 6.54 Å². The first-order valence-corrected chi connectivity index (χ1v) is 6.13. The van der Waals surface area contributed by atoms with E-state index < -0.39 is 11.6 Å². The zero-order valence-corrected chi connectivity index (χ0v) is 11.4. The molecule has 5 nitrogen and oxygen atoms in total. The fourth-order valence-electron chi connectivity index (χ4n) is 1.84. The van der Waals surface area contributed by atoms with Crippen LogP contribution in [0.3, 0.4) is 0 Å². The van der Waals surface area contributed by atoms with Crippen molar-refractivity contribution in [1.82, 2.24) is 15.2 Å². The second-order valence-electron chi connectivity index (χ2n) is 4.18. The zero-order chi connectivity index (χ0) is 13.3. The minimum atomic E-state index is -1.11. The van der Waals surface area contributed by atoms with Gasteiger partial charge in [-0.15, -0.1) is 0 Å². The Morgan fingerprint density at radius 1 is 1.56 bits per heavy atom. The van der Waals surface area contributed by atoms with Gasteiger partial charge in [-0.2, -0.15) is 0 Å². The minimum Gasteiger partial charge on any atom is -0.318 e. The molecule has 2 heterocycles. The van der Waals surface area contributed by atoms with Crippen LogP contribution in [0.5, 0.6) is 0 Å². The molecule has 0 saturated carbocycles. The summed E-state index contributed by atoms with van der Waals surface area (Å²) >= 11 is 3.15. The van der Waals surface area contributed by atoms with E-state index in [9.17, 15) is 9.59 Å². The van der Waals surface area contributed by atoms with E-state index in [2.05, 4.69) is 32.8 Å². The summed E-state index contributed by atoms with van der Waals surface area (Å²) in [5.74, 6) is -0.327. The maximum atomic E-state index is 12.3. The van der Waals surface area contributed by atoms with Gasteiger partial charge < -0.3 is 5.32 Å². The molecule has 0 bridgehead atoms. The number of amides is 3. The highest BCUT2D eigenvalue weighted by Gasteiger charge is 2.49. The minimum absolute atomic E-state index is 0.146. The lowest BCUT2D eigenvalue weighted by Gasteiger charge is -2.20. The average Bonchev–Trinajstić information content (AvgIpc) is 2.55. The van der Waals surface area contributed by atoms with Gasteiger partial charge in [-0.25, -0.2) is 4.79 Å². The first-order chi connectivity index (χ1) is 8.45. The van der Waals surface area contributed by atoms with Crippen LogP contribution in [0, 0.1) is 0 Å². The molecule has 1 atom stereocenters. The Bertz CT molecular complexity index is 517. The van der Waals surface area contributed by atoms with Gasteiger partial charge in [0.15, 0.2) is 5.54 Å². The molecule has 1 aromatic rings. The SMILES string of the molecule is C=C(Br)CN1C(=O)N[C@](C)(c2ccccn2)C1=O. The van der Waals surface area contributed by atoms with Crippen LogP contribution in [0.25, 0.3) is 0 Å². The number of hydrogen-bond donors (Lipinski definition) is 1. The highest BCUT2D eigenvalue weighted by Crippen LogP contribution is 2.27. The molecule has 1 N–H and O–H groups in total. The molecule has 0 unspecified atom stereocenters. The zero-order valence-electron chi connectivity index (χ0n) is 9.81. The topological polar surface area (TPSA) is 62.3 Å². The molecule has 1 aromatic heterocycles. The van der Waals surface area contributed by atoms with E-state index in [1.54, 1.807) is 31.3 Å². The lowest BCUT2D eigenvalue weighted by molar-refractivity contribution is -0.130. The van der Waals surface area contributed by atoms with Crippen LogP contribution in [-0.4, -0.2) is 28.4 Å². The van der Waals surface area contributed by atoms with Crippen LogP contribution in [0.1, 0.15) is 12.6 Å². The number of pyridine rings is 1. The second-order valence-corrected chi connectivity index (χ2v) is 5.30. The smallest absolute Gasteiger partial charge is 0.318 e. The fraction of sp³-hybridized carbons (Fsp3) is 0.250. The number of carbonyl (C=O) groups is 2. The molecule has 94 valence electrons. The van der Waals surface area contributed by atoms with E-state index in [0.717, 1.165) is 4.90 Å². The number of carbonyl (C=O) groups excluding carboxylic acids is 2. The second kappa shape index (κ2) is 4.53. The third kappa shape index (κ3) is 2.03. The normalized spacial score (nSPS) is 23.1. The maximum absolute atomic E-state index is 12.3. The molecule has 1 aliphatic rings. The average molecular weight is 310 g/mol. The van der Waals surface area contributed by atoms with Crippen molar-refractivity contribution in [3.05, 3.63) is 41.2 Å². The van der Waals surface area contributed by atoms with Gasteiger partial charge >= 0.3 is 6.03 Å². The third-order valence-electron chi connectivity index (χ3n) is 2.78. The summed E-state index contributed by atoms with van der Waals surface area (Å²) in [7, 11) is 0. The van der Waals surface area contributed by atoms with Gasteiger partial charge in [-0.05, 0) is 19.1 Å². The number of rotatable bonds is 3. The van der Waals surface area contributed by atoms with Crippen molar-refractivity contribution in [3.63, 3.8) is 0 Å². The molecule has 6 heteroatoms. The number of nitrogens with zero attached hydrogens (tertiary/aromatic N) is 2. The van der Waals surface area contributed by atoms with Gasteiger partial charge in [0.2, 0.25) is 0 Å². The summed E-state index contributed by atoms with van der Waals surface area (Å²) in [5.41, 5.74) is -0.591. The summed E-state index contributed by atoms with van der Waals surface area (Å²) in [6, 6.07) is 4.81. The van der Waals surface area contributed by atoms with E-state index >= 15 is 0 Å². The molecule has 18 heavy (non-hydrogen) atoms. The summed E-state index contributed by atoms with van der Waals surface area (Å²) in [6.45, 7) is 5.43. The molecule has 1 fully saturated rings. The Morgan fingerprint density at radius 3 is 2.83 bits per heavy atom. The van der Waals surface area contributed by atoms with E-state index in [1.165, 1.54) is 0 Å². The molecule has 0 aromatic carbocycles. The lowest BCUT2D eigenvalue weighted by Crippen LogP contribution is -2.41. The highest BCUT2D eigenvalue weighted by molar-refractivity contribution is 9.11. The van der Waals surface area contributed by atoms with E-state index in [0.29, 0.717) is 10.2 Å². The number of imide groups is 1. The quantitative estimate of drug-likeness (QED) is 0.865. The third-order valence-corrected chi connectivity index (χ3v) is 3.03. The standard InChI is InChI=1S/C12H12BrN3O2/c1-8(13)7-16-10(17)12(2,15-11(16)18)9-5-3-4-6-14-9/h3-6H,1,7H2,2H3,(H,15,18)/t12-/m1/s1. The number of halogens is 1. The Kier molecular flexibility index (Phi) is 3.21. The molecule has 0 aliphatic carbocycles.